The van der Waals surface area contributed by atoms with Gasteiger partial charge in [-0.3, -0.25) is 10.1 Å². The first-order chi connectivity index (χ1) is 11.7. The maximum absolute atomic E-state index is 10.9. The molecule has 0 atom stereocenters. The average Bonchev–Trinajstić information content (AvgIpc) is 3.06. The number of nitrogens with one attached hydrogen (secondary N) is 1. The predicted octanol–water partition coefficient (Wildman–Crippen LogP) is 2.68. The molecule has 4 rings (SSSR count). The number of rotatable bonds is 3. The summed E-state index contributed by atoms with van der Waals surface area (Å²) < 4.78 is 0.811. The van der Waals surface area contributed by atoms with Crippen molar-refractivity contribution in [3.63, 3.8) is 0 Å². The minimum Gasteiger partial charge on any atom is -0.354 e. The van der Waals surface area contributed by atoms with Gasteiger partial charge in [0.25, 0.3) is 5.69 Å². The predicted molar refractivity (Wildman–Crippen MR) is 94.6 cm³/mol. The topological polar surface area (TPSA) is 84.2 Å². The summed E-state index contributed by atoms with van der Waals surface area (Å²) in [5.74, 6) is 0.969. The zero-order chi connectivity index (χ0) is 16.5. The first kappa shape index (κ1) is 15.0. The van der Waals surface area contributed by atoms with Crippen LogP contribution in [0.3, 0.4) is 0 Å². The lowest BCUT2D eigenvalue weighted by Crippen LogP contribution is -2.43. The second-order valence-electron chi connectivity index (χ2n) is 5.57. The summed E-state index contributed by atoms with van der Waals surface area (Å²) in [7, 11) is 0. The summed E-state index contributed by atoms with van der Waals surface area (Å²) in [6.07, 6.45) is 1.82. The fraction of sp³-hybridized carbons (Fsp3) is 0.250. The second-order valence-corrected chi connectivity index (χ2v) is 6.60. The van der Waals surface area contributed by atoms with Crippen molar-refractivity contribution in [1.29, 1.82) is 0 Å². The Bertz CT molecular complexity index is 887. The largest absolute Gasteiger partial charge is 0.354 e. The van der Waals surface area contributed by atoms with Crippen LogP contribution < -0.4 is 10.2 Å². The van der Waals surface area contributed by atoms with E-state index < -0.39 is 0 Å². The number of nitro benzene ring substituents is 1. The van der Waals surface area contributed by atoms with Crippen molar-refractivity contribution in [2.24, 2.45) is 0 Å². The number of fused-ring (bicyclic) bond motifs is 1. The molecule has 8 heteroatoms. The Balaban J connectivity index is 1.63. The summed E-state index contributed by atoms with van der Waals surface area (Å²) in [6.45, 7) is 3.86. The zero-order valence-electron chi connectivity index (χ0n) is 12.8. The number of aromatic nitrogens is 2. The van der Waals surface area contributed by atoms with E-state index in [1.165, 1.54) is 17.4 Å². The molecule has 3 heterocycles. The van der Waals surface area contributed by atoms with Gasteiger partial charge in [-0.1, -0.05) is 0 Å². The molecule has 24 heavy (non-hydrogen) atoms. The van der Waals surface area contributed by atoms with Gasteiger partial charge in [0.2, 0.25) is 0 Å². The van der Waals surface area contributed by atoms with Crippen LogP contribution in [0.5, 0.6) is 0 Å². The van der Waals surface area contributed by atoms with Gasteiger partial charge in [-0.25, -0.2) is 9.97 Å². The first-order valence-electron chi connectivity index (χ1n) is 7.68. The van der Waals surface area contributed by atoms with Crippen molar-refractivity contribution in [3.8, 4) is 10.6 Å². The average molecular weight is 341 g/mol. The van der Waals surface area contributed by atoms with Crippen LogP contribution in [0, 0.1) is 10.1 Å². The van der Waals surface area contributed by atoms with Crippen LogP contribution in [-0.4, -0.2) is 41.1 Å². The minimum absolute atomic E-state index is 0.0879. The molecule has 0 bridgehead atoms. The number of anilines is 1. The van der Waals surface area contributed by atoms with E-state index in [0.717, 1.165) is 52.8 Å². The SMILES string of the molecule is O=[N+]([O-])c1ccc2nc(-c3ccc(N4CCNCC4)nc3)sc2c1. The number of hydrogen-bond acceptors (Lipinski definition) is 7. The van der Waals surface area contributed by atoms with Crippen molar-refractivity contribution in [2.45, 2.75) is 0 Å². The summed E-state index contributed by atoms with van der Waals surface area (Å²) in [5, 5.41) is 15.0. The molecular weight excluding hydrogens is 326 g/mol. The highest BCUT2D eigenvalue weighted by atomic mass is 32.1. The van der Waals surface area contributed by atoms with Gasteiger partial charge in [-0.15, -0.1) is 11.3 Å². The summed E-state index contributed by atoms with van der Waals surface area (Å²) in [6, 6.07) is 8.76. The molecule has 3 aromatic rings. The van der Waals surface area contributed by atoms with E-state index >= 15 is 0 Å². The highest BCUT2D eigenvalue weighted by Crippen LogP contribution is 2.32. The number of thiazole rings is 1. The van der Waals surface area contributed by atoms with E-state index in [0.29, 0.717) is 0 Å². The third kappa shape index (κ3) is 2.81. The fourth-order valence-corrected chi connectivity index (χ4v) is 3.73. The number of non-ortho nitro benzene ring substituents is 1. The molecule has 1 aromatic carbocycles. The zero-order valence-corrected chi connectivity index (χ0v) is 13.6. The fourth-order valence-electron chi connectivity index (χ4n) is 2.74. The molecule has 0 unspecified atom stereocenters. The van der Waals surface area contributed by atoms with E-state index in [2.05, 4.69) is 20.2 Å². The van der Waals surface area contributed by atoms with Crippen molar-refractivity contribution >= 4 is 33.1 Å². The molecule has 0 saturated carbocycles. The number of nitro groups is 1. The van der Waals surface area contributed by atoms with Crippen LogP contribution in [0.2, 0.25) is 0 Å². The Morgan fingerprint density at radius 3 is 2.75 bits per heavy atom. The summed E-state index contributed by atoms with van der Waals surface area (Å²) >= 11 is 1.44. The molecule has 1 fully saturated rings. The molecule has 7 nitrogen and oxygen atoms in total. The molecule has 0 spiro atoms. The van der Waals surface area contributed by atoms with Gasteiger partial charge in [-0.2, -0.15) is 0 Å². The van der Waals surface area contributed by atoms with Crippen LogP contribution in [0.1, 0.15) is 0 Å². The quantitative estimate of drug-likeness (QED) is 0.582. The maximum Gasteiger partial charge on any atom is 0.270 e. The third-order valence-electron chi connectivity index (χ3n) is 4.02. The molecule has 1 aliphatic rings. The Morgan fingerprint density at radius 1 is 1.21 bits per heavy atom. The lowest BCUT2D eigenvalue weighted by molar-refractivity contribution is -0.384. The third-order valence-corrected chi connectivity index (χ3v) is 5.09. The smallest absolute Gasteiger partial charge is 0.270 e. The van der Waals surface area contributed by atoms with Crippen molar-refractivity contribution in [1.82, 2.24) is 15.3 Å². The van der Waals surface area contributed by atoms with Crippen LogP contribution >= 0.6 is 11.3 Å². The lowest BCUT2D eigenvalue weighted by Gasteiger charge is -2.28. The molecule has 0 radical (unpaired) electrons. The van der Waals surface area contributed by atoms with Crippen LogP contribution in [-0.2, 0) is 0 Å². The number of piperazine rings is 1. The Labute approximate surface area is 142 Å². The van der Waals surface area contributed by atoms with Crippen molar-refractivity contribution < 1.29 is 4.92 Å². The van der Waals surface area contributed by atoms with Crippen LogP contribution in [0.15, 0.2) is 36.5 Å². The number of nitrogens with zero attached hydrogens (tertiary/aromatic N) is 4. The van der Waals surface area contributed by atoms with Crippen LogP contribution in [0.25, 0.3) is 20.8 Å². The number of benzene rings is 1. The van der Waals surface area contributed by atoms with Gasteiger partial charge in [-0.05, 0) is 18.2 Å². The van der Waals surface area contributed by atoms with Gasteiger partial charge in [0.15, 0.2) is 0 Å². The van der Waals surface area contributed by atoms with Crippen molar-refractivity contribution in [2.75, 3.05) is 31.1 Å². The minimum atomic E-state index is -0.386. The standard InChI is InChI=1S/C16H15N5O2S/c22-21(23)12-2-3-13-14(9-12)24-16(19-13)11-1-4-15(18-10-11)20-7-5-17-6-8-20/h1-4,9-10,17H,5-8H2. The first-order valence-corrected chi connectivity index (χ1v) is 8.49. The van der Waals surface area contributed by atoms with Crippen molar-refractivity contribution in [3.05, 3.63) is 46.6 Å². The highest BCUT2D eigenvalue weighted by molar-refractivity contribution is 7.21. The number of hydrogen-bond donors (Lipinski definition) is 1. The van der Waals surface area contributed by atoms with E-state index in [1.807, 2.05) is 18.3 Å². The molecule has 122 valence electrons. The molecule has 1 N–H and O–H groups in total. The lowest BCUT2D eigenvalue weighted by atomic mass is 10.2. The Morgan fingerprint density at radius 2 is 2.04 bits per heavy atom. The van der Waals surface area contributed by atoms with E-state index in [9.17, 15) is 10.1 Å². The monoisotopic (exact) mass is 341 g/mol. The molecule has 2 aromatic heterocycles. The highest BCUT2D eigenvalue weighted by Gasteiger charge is 2.14. The van der Waals surface area contributed by atoms with E-state index in [1.54, 1.807) is 12.1 Å². The molecule has 0 amide bonds. The summed E-state index contributed by atoms with van der Waals surface area (Å²) in [5.41, 5.74) is 1.79. The van der Waals surface area contributed by atoms with Gasteiger partial charge >= 0.3 is 0 Å². The Kier molecular flexibility index (Phi) is 3.83. The van der Waals surface area contributed by atoms with Gasteiger partial charge in [0.1, 0.15) is 10.8 Å². The molecule has 1 aliphatic heterocycles. The van der Waals surface area contributed by atoms with Crippen LogP contribution in [0.4, 0.5) is 11.5 Å². The van der Waals surface area contributed by atoms with Gasteiger partial charge in [0.05, 0.1) is 15.1 Å². The summed E-state index contributed by atoms with van der Waals surface area (Å²) in [4.78, 5) is 21.9. The normalized spacial score (nSPS) is 14.9. The van der Waals surface area contributed by atoms with Gasteiger partial charge in [0, 0.05) is 50.1 Å². The molecule has 1 saturated heterocycles. The molecule has 0 aliphatic carbocycles. The number of pyridine rings is 1. The second kappa shape index (κ2) is 6.14. The van der Waals surface area contributed by atoms with E-state index in [-0.39, 0.29) is 10.6 Å². The van der Waals surface area contributed by atoms with E-state index in [4.69, 9.17) is 0 Å². The molecular formula is C16H15N5O2S. The Hall–Kier alpha value is -2.58. The van der Waals surface area contributed by atoms with Gasteiger partial charge < -0.3 is 10.2 Å². The maximum atomic E-state index is 10.9.